The van der Waals surface area contributed by atoms with Gasteiger partial charge in [0.2, 0.25) is 0 Å². The smallest absolute Gasteiger partial charge is 0.154 e. The van der Waals surface area contributed by atoms with Crippen molar-refractivity contribution in [2.75, 3.05) is 11.5 Å². The first kappa shape index (κ1) is 9.71. The summed E-state index contributed by atoms with van der Waals surface area (Å²) in [6.07, 6.45) is 0. The van der Waals surface area contributed by atoms with E-state index < -0.39 is 11.2 Å². The average Bonchev–Trinajstić information content (AvgIpc) is 2.08. The van der Waals surface area contributed by atoms with Gasteiger partial charge in [0.1, 0.15) is 5.75 Å². The van der Waals surface area contributed by atoms with Crippen LogP contribution >= 0.6 is 11.6 Å². The molecule has 1 rings (SSSR count). The van der Waals surface area contributed by atoms with E-state index in [1.165, 1.54) is 0 Å². The zero-order chi connectivity index (χ0) is 9.14. The summed E-state index contributed by atoms with van der Waals surface area (Å²) in [5.41, 5.74) is 6.02. The van der Waals surface area contributed by atoms with E-state index in [0.717, 1.165) is 4.90 Å². The Kier molecular flexibility index (Phi) is 3.26. The number of nitrogens with two attached hydrogens (primary N) is 1. The van der Waals surface area contributed by atoms with Gasteiger partial charge in [-0.1, -0.05) is 11.6 Å². The molecule has 1 aromatic carbocycles. The Hall–Kier alpha value is -0.380. The van der Waals surface area contributed by atoms with Crippen molar-refractivity contribution < 1.29 is 4.55 Å². The van der Waals surface area contributed by atoms with Crippen molar-refractivity contribution in [1.82, 2.24) is 0 Å². The number of halogens is 1. The van der Waals surface area contributed by atoms with Crippen LogP contribution in [0.1, 0.15) is 6.92 Å². The second-order valence-corrected chi connectivity index (χ2v) is 4.46. The Morgan fingerprint density at radius 3 is 2.75 bits per heavy atom. The molecule has 0 bridgehead atoms. The van der Waals surface area contributed by atoms with Crippen LogP contribution in [0.4, 0.5) is 5.69 Å². The van der Waals surface area contributed by atoms with Crippen molar-refractivity contribution in [1.29, 1.82) is 0 Å². The Morgan fingerprint density at radius 1 is 1.58 bits per heavy atom. The van der Waals surface area contributed by atoms with E-state index in [9.17, 15) is 4.55 Å². The maximum atomic E-state index is 11.3. The standard InChI is InChI=1S/C8H10ClNOS/c1-2-12(11)6-3-4-8(10)7(9)5-6/h3-5H,2,10H2,1H3. The molecule has 0 saturated carbocycles. The van der Waals surface area contributed by atoms with Crippen LogP contribution in [0.25, 0.3) is 0 Å². The van der Waals surface area contributed by atoms with Crippen molar-refractivity contribution in [3.63, 3.8) is 0 Å². The Bertz CT molecular complexity index is 280. The Labute approximate surface area is 79.9 Å². The minimum Gasteiger partial charge on any atom is -0.611 e. The van der Waals surface area contributed by atoms with Crippen molar-refractivity contribution in [2.45, 2.75) is 11.8 Å². The Morgan fingerprint density at radius 2 is 2.25 bits per heavy atom. The molecule has 0 heterocycles. The number of hydrogen-bond donors (Lipinski definition) is 1. The number of hydrogen-bond acceptors (Lipinski definition) is 2. The molecule has 1 aromatic rings. The lowest BCUT2D eigenvalue weighted by molar-refractivity contribution is 0.596. The summed E-state index contributed by atoms with van der Waals surface area (Å²) >= 11 is 4.81. The normalized spacial score (nSPS) is 12.9. The topological polar surface area (TPSA) is 49.1 Å². The molecule has 0 radical (unpaired) electrons. The minimum atomic E-state index is -0.949. The quantitative estimate of drug-likeness (QED) is 0.591. The summed E-state index contributed by atoms with van der Waals surface area (Å²) in [4.78, 5) is 0.733. The van der Waals surface area contributed by atoms with Crippen molar-refractivity contribution in [3.8, 4) is 0 Å². The van der Waals surface area contributed by atoms with Crippen LogP contribution in [0.3, 0.4) is 0 Å². The summed E-state index contributed by atoms with van der Waals surface area (Å²) in [5, 5.41) is 0.467. The first-order valence-corrected chi connectivity index (χ1v) is 5.28. The largest absolute Gasteiger partial charge is 0.611 e. The van der Waals surface area contributed by atoms with E-state index in [1.807, 2.05) is 6.92 Å². The molecule has 0 aliphatic carbocycles. The van der Waals surface area contributed by atoms with E-state index in [-0.39, 0.29) is 0 Å². The summed E-state index contributed by atoms with van der Waals surface area (Å²) < 4.78 is 11.3. The van der Waals surface area contributed by atoms with Crippen molar-refractivity contribution >= 4 is 28.5 Å². The second kappa shape index (κ2) is 4.03. The van der Waals surface area contributed by atoms with Crippen molar-refractivity contribution in [3.05, 3.63) is 23.2 Å². The van der Waals surface area contributed by atoms with Gasteiger partial charge in [-0.3, -0.25) is 0 Å². The van der Waals surface area contributed by atoms with Crippen molar-refractivity contribution in [2.24, 2.45) is 0 Å². The number of anilines is 1. The first-order valence-electron chi connectivity index (χ1n) is 3.58. The van der Waals surface area contributed by atoms with Gasteiger partial charge in [0.15, 0.2) is 4.90 Å². The molecule has 0 fully saturated rings. The molecule has 1 atom stereocenters. The Balaban J connectivity index is 2.96. The van der Waals surface area contributed by atoms with Gasteiger partial charge in [0.05, 0.1) is 10.7 Å². The van der Waals surface area contributed by atoms with Crippen LogP contribution < -0.4 is 5.73 Å². The van der Waals surface area contributed by atoms with Gasteiger partial charge < -0.3 is 10.3 Å². The highest BCUT2D eigenvalue weighted by Crippen LogP contribution is 2.22. The molecule has 0 aliphatic heterocycles. The molecule has 0 aromatic heterocycles. The van der Waals surface area contributed by atoms with E-state index in [1.54, 1.807) is 18.2 Å². The van der Waals surface area contributed by atoms with E-state index in [4.69, 9.17) is 17.3 Å². The molecule has 2 N–H and O–H groups in total. The van der Waals surface area contributed by atoms with Gasteiger partial charge in [-0.2, -0.15) is 0 Å². The molecule has 0 saturated heterocycles. The predicted molar refractivity (Wildman–Crippen MR) is 52.8 cm³/mol. The third-order valence-electron chi connectivity index (χ3n) is 1.50. The molecule has 2 nitrogen and oxygen atoms in total. The van der Waals surface area contributed by atoms with Gasteiger partial charge >= 0.3 is 0 Å². The lowest BCUT2D eigenvalue weighted by atomic mass is 10.3. The summed E-state index contributed by atoms with van der Waals surface area (Å²) in [5.74, 6) is 0.597. The molecule has 4 heteroatoms. The highest BCUT2D eigenvalue weighted by atomic mass is 35.5. The van der Waals surface area contributed by atoms with Crippen LogP contribution in [0, 0.1) is 0 Å². The second-order valence-electron chi connectivity index (χ2n) is 2.32. The van der Waals surface area contributed by atoms with E-state index in [0.29, 0.717) is 16.5 Å². The number of rotatable bonds is 2. The fraction of sp³-hybridized carbons (Fsp3) is 0.250. The fourth-order valence-electron chi connectivity index (χ4n) is 0.816. The van der Waals surface area contributed by atoms with Crippen LogP contribution in [0.2, 0.25) is 5.02 Å². The molecule has 1 unspecified atom stereocenters. The monoisotopic (exact) mass is 203 g/mol. The zero-order valence-corrected chi connectivity index (χ0v) is 8.28. The molecule has 66 valence electrons. The highest BCUT2D eigenvalue weighted by molar-refractivity contribution is 7.91. The first-order chi connectivity index (χ1) is 5.65. The van der Waals surface area contributed by atoms with Crippen LogP contribution in [-0.4, -0.2) is 10.3 Å². The molecule has 0 aliphatic rings. The summed E-state index contributed by atoms with van der Waals surface area (Å²) in [6, 6.07) is 5.06. The highest BCUT2D eigenvalue weighted by Gasteiger charge is 2.08. The SMILES string of the molecule is CC[S+]([O-])c1ccc(N)c(Cl)c1. The third kappa shape index (κ3) is 2.06. The number of nitrogen functional groups attached to an aromatic ring is 1. The molecule has 12 heavy (non-hydrogen) atoms. The van der Waals surface area contributed by atoms with Gasteiger partial charge in [0, 0.05) is 6.07 Å². The van der Waals surface area contributed by atoms with Crippen LogP contribution in [0.15, 0.2) is 23.1 Å². The van der Waals surface area contributed by atoms with E-state index in [2.05, 4.69) is 0 Å². The molecular weight excluding hydrogens is 194 g/mol. The average molecular weight is 204 g/mol. The fourth-order valence-corrected chi connectivity index (χ4v) is 1.86. The van der Waals surface area contributed by atoms with Gasteiger partial charge in [-0.05, 0) is 30.2 Å². The lowest BCUT2D eigenvalue weighted by Gasteiger charge is -2.08. The van der Waals surface area contributed by atoms with Crippen LogP contribution in [0.5, 0.6) is 0 Å². The molecule has 0 amide bonds. The molecular formula is C8H10ClNOS. The van der Waals surface area contributed by atoms with Crippen LogP contribution in [-0.2, 0) is 11.2 Å². The minimum absolute atomic E-state index is 0.467. The zero-order valence-electron chi connectivity index (χ0n) is 6.71. The summed E-state index contributed by atoms with van der Waals surface area (Å²) in [7, 11) is 0. The number of benzene rings is 1. The maximum absolute atomic E-state index is 11.3. The summed E-state index contributed by atoms with van der Waals surface area (Å²) in [6.45, 7) is 1.86. The van der Waals surface area contributed by atoms with E-state index >= 15 is 0 Å². The maximum Gasteiger partial charge on any atom is 0.154 e. The molecule has 0 spiro atoms. The predicted octanol–water partition coefficient (Wildman–Crippen LogP) is 2.05. The van der Waals surface area contributed by atoms with Gasteiger partial charge in [-0.15, -0.1) is 0 Å². The van der Waals surface area contributed by atoms with Gasteiger partial charge in [0.25, 0.3) is 0 Å². The third-order valence-corrected chi connectivity index (χ3v) is 3.13. The van der Waals surface area contributed by atoms with Gasteiger partial charge in [-0.25, -0.2) is 0 Å². The lowest BCUT2D eigenvalue weighted by Crippen LogP contribution is -2.03.